The highest BCUT2D eigenvalue weighted by atomic mass is 16.3. The van der Waals surface area contributed by atoms with Crippen molar-refractivity contribution in [2.75, 3.05) is 18.1 Å². The van der Waals surface area contributed by atoms with E-state index in [1.54, 1.807) is 0 Å². The number of aromatic hydroxyl groups is 1. The van der Waals surface area contributed by atoms with Gasteiger partial charge < -0.3 is 10.8 Å². The molecular formula is C6H13N5O2. The van der Waals surface area contributed by atoms with E-state index in [9.17, 15) is 4.79 Å². The monoisotopic (exact) mass is 187 g/mol. The van der Waals surface area contributed by atoms with Crippen LogP contribution in [0.2, 0.25) is 0 Å². The molecule has 0 aliphatic heterocycles. The maximum absolute atomic E-state index is 10.7. The fraction of sp³-hybridized carbons (Fsp3) is 0.500. The number of nitrogens with two attached hydrogens (primary N) is 2. The average Bonchev–Trinajstić information content (AvgIpc) is 2.41. The first-order valence-corrected chi connectivity index (χ1v) is 3.88. The smallest absolute Gasteiger partial charge is 0.327 e. The van der Waals surface area contributed by atoms with Gasteiger partial charge in [-0.3, -0.25) is 15.0 Å². The Bertz CT molecular complexity index is 317. The number of H-pyrrole nitrogens is 2. The van der Waals surface area contributed by atoms with Crippen LogP contribution in [0.4, 0.5) is 5.82 Å². The van der Waals surface area contributed by atoms with E-state index in [1.165, 1.54) is 5.01 Å². The Hall–Kier alpha value is -1.47. The van der Waals surface area contributed by atoms with E-state index in [0.717, 1.165) is 0 Å². The summed E-state index contributed by atoms with van der Waals surface area (Å²) in [5.74, 6) is 5.44. The predicted octanol–water partition coefficient (Wildman–Crippen LogP) is -1.56. The van der Waals surface area contributed by atoms with Crippen molar-refractivity contribution in [2.45, 2.75) is 6.42 Å². The minimum Gasteiger partial charge on any atom is -0.492 e. The molecule has 0 atom stereocenters. The number of imidazole rings is 1. The van der Waals surface area contributed by atoms with Crippen molar-refractivity contribution in [3.8, 4) is 5.88 Å². The predicted molar refractivity (Wildman–Crippen MR) is 48.3 cm³/mol. The van der Waals surface area contributed by atoms with Crippen LogP contribution >= 0.6 is 0 Å². The van der Waals surface area contributed by atoms with Gasteiger partial charge in [-0.1, -0.05) is 0 Å². The van der Waals surface area contributed by atoms with Crippen LogP contribution in [-0.2, 0) is 0 Å². The molecule has 0 unspecified atom stereocenters. The van der Waals surface area contributed by atoms with E-state index in [1.807, 2.05) is 0 Å². The van der Waals surface area contributed by atoms with Gasteiger partial charge in [-0.15, -0.1) is 0 Å². The van der Waals surface area contributed by atoms with Crippen LogP contribution in [0.3, 0.4) is 0 Å². The van der Waals surface area contributed by atoms with Gasteiger partial charge in [0, 0.05) is 6.54 Å². The van der Waals surface area contributed by atoms with E-state index in [-0.39, 0.29) is 11.7 Å². The summed E-state index contributed by atoms with van der Waals surface area (Å²) >= 11 is 0. The average molecular weight is 187 g/mol. The molecule has 13 heavy (non-hydrogen) atoms. The summed E-state index contributed by atoms with van der Waals surface area (Å²) in [4.78, 5) is 15.2. The van der Waals surface area contributed by atoms with Gasteiger partial charge in [0.25, 0.3) is 0 Å². The van der Waals surface area contributed by atoms with E-state index in [2.05, 4.69) is 9.97 Å². The molecule has 7 heteroatoms. The van der Waals surface area contributed by atoms with Gasteiger partial charge in [0.1, 0.15) is 0 Å². The Morgan fingerprint density at radius 2 is 2.15 bits per heavy atom. The number of aromatic amines is 2. The number of nitrogens with zero attached hydrogens (tertiary/aromatic N) is 1. The second-order valence-corrected chi connectivity index (χ2v) is 2.61. The molecule has 1 aromatic heterocycles. The highest BCUT2D eigenvalue weighted by molar-refractivity contribution is 5.45. The highest BCUT2D eigenvalue weighted by Crippen LogP contribution is 2.16. The number of hydrazine groups is 1. The van der Waals surface area contributed by atoms with Gasteiger partial charge in [-0.2, -0.15) is 0 Å². The van der Waals surface area contributed by atoms with E-state index in [0.29, 0.717) is 19.5 Å². The Morgan fingerprint density at radius 3 is 2.62 bits per heavy atom. The third kappa shape index (κ3) is 2.23. The van der Waals surface area contributed by atoms with Crippen LogP contribution in [0.1, 0.15) is 6.42 Å². The molecule has 1 rings (SSSR count). The van der Waals surface area contributed by atoms with Crippen molar-refractivity contribution >= 4 is 5.82 Å². The van der Waals surface area contributed by atoms with Gasteiger partial charge in [-0.25, -0.2) is 10.6 Å². The molecule has 0 bridgehead atoms. The summed E-state index contributed by atoms with van der Waals surface area (Å²) in [6.45, 7) is 0.973. The number of rotatable bonds is 4. The molecule has 0 spiro atoms. The maximum atomic E-state index is 10.7. The minimum atomic E-state index is -0.490. The van der Waals surface area contributed by atoms with Crippen molar-refractivity contribution in [2.24, 2.45) is 11.6 Å². The summed E-state index contributed by atoms with van der Waals surface area (Å²) in [6, 6.07) is 0. The third-order valence-corrected chi connectivity index (χ3v) is 1.58. The van der Waals surface area contributed by atoms with Crippen molar-refractivity contribution in [3.63, 3.8) is 0 Å². The van der Waals surface area contributed by atoms with Crippen molar-refractivity contribution in [3.05, 3.63) is 10.5 Å². The lowest BCUT2D eigenvalue weighted by molar-refractivity contribution is 0.454. The molecule has 0 aliphatic rings. The molecule has 1 aromatic rings. The summed E-state index contributed by atoms with van der Waals surface area (Å²) in [7, 11) is 0. The Morgan fingerprint density at radius 1 is 1.46 bits per heavy atom. The van der Waals surface area contributed by atoms with Gasteiger partial charge in [0.2, 0.25) is 5.88 Å². The first-order chi connectivity index (χ1) is 6.15. The number of nitrogens with one attached hydrogen (secondary N) is 2. The Kier molecular flexibility index (Phi) is 2.93. The molecular weight excluding hydrogens is 174 g/mol. The second kappa shape index (κ2) is 3.97. The summed E-state index contributed by atoms with van der Waals surface area (Å²) in [5.41, 5.74) is 4.78. The number of anilines is 1. The highest BCUT2D eigenvalue weighted by Gasteiger charge is 2.09. The zero-order valence-electron chi connectivity index (χ0n) is 7.08. The van der Waals surface area contributed by atoms with Crippen LogP contribution in [0.15, 0.2) is 4.79 Å². The molecule has 0 saturated heterocycles. The largest absolute Gasteiger partial charge is 0.492 e. The topological polar surface area (TPSA) is 124 Å². The second-order valence-electron chi connectivity index (χ2n) is 2.61. The van der Waals surface area contributed by atoms with Gasteiger partial charge in [0.05, 0.1) is 0 Å². The van der Waals surface area contributed by atoms with Crippen molar-refractivity contribution in [1.82, 2.24) is 9.97 Å². The molecule has 0 amide bonds. The molecule has 0 saturated carbocycles. The summed E-state index contributed by atoms with van der Waals surface area (Å²) < 4.78 is 0. The molecule has 0 aromatic carbocycles. The van der Waals surface area contributed by atoms with Crippen LogP contribution in [0.25, 0.3) is 0 Å². The molecule has 0 fully saturated rings. The minimum absolute atomic E-state index is 0.179. The van der Waals surface area contributed by atoms with Crippen LogP contribution in [0, 0.1) is 0 Å². The molecule has 1 heterocycles. The lowest BCUT2D eigenvalue weighted by atomic mass is 10.4. The molecule has 7 N–H and O–H groups in total. The first-order valence-electron chi connectivity index (χ1n) is 3.88. The van der Waals surface area contributed by atoms with Crippen LogP contribution in [-0.4, -0.2) is 28.2 Å². The maximum Gasteiger partial charge on any atom is 0.327 e. The normalized spacial score (nSPS) is 10.3. The lowest BCUT2D eigenvalue weighted by Crippen LogP contribution is -2.33. The van der Waals surface area contributed by atoms with Crippen LogP contribution < -0.4 is 22.3 Å². The molecule has 7 nitrogen and oxygen atoms in total. The number of hydrogen-bond donors (Lipinski definition) is 5. The van der Waals surface area contributed by atoms with E-state index >= 15 is 0 Å². The molecule has 74 valence electrons. The Labute approximate surface area is 74.3 Å². The first kappa shape index (κ1) is 9.62. The van der Waals surface area contributed by atoms with Crippen LogP contribution in [0.5, 0.6) is 5.88 Å². The van der Waals surface area contributed by atoms with Crippen molar-refractivity contribution in [1.29, 1.82) is 0 Å². The number of hydrogen-bond acceptors (Lipinski definition) is 5. The van der Waals surface area contributed by atoms with Crippen molar-refractivity contribution < 1.29 is 5.11 Å². The number of aromatic nitrogens is 2. The fourth-order valence-electron chi connectivity index (χ4n) is 0.946. The van der Waals surface area contributed by atoms with E-state index in [4.69, 9.17) is 16.7 Å². The lowest BCUT2D eigenvalue weighted by Gasteiger charge is -2.15. The fourth-order valence-corrected chi connectivity index (χ4v) is 0.946. The summed E-state index contributed by atoms with van der Waals surface area (Å²) in [5, 5.41) is 10.4. The van der Waals surface area contributed by atoms with E-state index < -0.39 is 5.69 Å². The zero-order valence-corrected chi connectivity index (χ0v) is 7.08. The SMILES string of the molecule is NCCCN(N)c1[nH]c(=O)[nH]c1O. The van der Waals surface area contributed by atoms with Gasteiger partial charge in [-0.05, 0) is 13.0 Å². The summed E-state index contributed by atoms with van der Waals surface area (Å²) in [6.07, 6.45) is 0.684. The third-order valence-electron chi connectivity index (χ3n) is 1.58. The standard InChI is InChI=1S/C6H13N5O2/c7-2-1-3-11(8)4-5(12)10-6(13)9-4/h12H,1-3,7-8H2,(H2,9,10,13). The zero-order chi connectivity index (χ0) is 9.84. The molecule has 0 radical (unpaired) electrons. The molecule has 0 aliphatic carbocycles. The Balaban J connectivity index is 2.70. The van der Waals surface area contributed by atoms with Gasteiger partial charge in [0.15, 0.2) is 5.82 Å². The quantitative estimate of drug-likeness (QED) is 0.288. The van der Waals surface area contributed by atoms with Gasteiger partial charge >= 0.3 is 5.69 Å².